The highest BCUT2D eigenvalue weighted by molar-refractivity contribution is 6.05. The summed E-state index contributed by atoms with van der Waals surface area (Å²) in [4.78, 5) is 21.1. The molecule has 0 aliphatic heterocycles. The van der Waals surface area contributed by atoms with Crippen molar-refractivity contribution in [1.29, 1.82) is 0 Å². The number of nitrogens with zero attached hydrogens (tertiary/aromatic N) is 4. The van der Waals surface area contributed by atoms with E-state index in [0.29, 0.717) is 0 Å². The molecule has 11 aromatic carbocycles. The molecule has 2 heterocycles. The lowest BCUT2D eigenvalue weighted by molar-refractivity contribution is 0.299. The first-order valence-electron chi connectivity index (χ1n) is 29.5. The predicted octanol–water partition coefficient (Wildman–Crippen LogP) is 20.9. The molecule has 2 aromatic heterocycles. The topological polar surface area (TPSA) is 51.6 Å². The molecule has 0 atom stereocenters. The van der Waals surface area contributed by atoms with E-state index in [1.54, 1.807) is 0 Å². The van der Waals surface area contributed by atoms with Crippen LogP contribution in [-0.2, 0) is 21.7 Å². The van der Waals surface area contributed by atoms with Gasteiger partial charge in [0.2, 0.25) is 0 Å². The molecule has 406 valence electrons. The van der Waals surface area contributed by atoms with E-state index in [2.05, 4.69) is 304 Å². The molecule has 84 heavy (non-hydrogen) atoms. The molecule has 2 aliphatic rings. The van der Waals surface area contributed by atoms with Crippen molar-refractivity contribution in [2.24, 2.45) is 0 Å². The molecule has 0 saturated carbocycles. The van der Waals surface area contributed by atoms with Gasteiger partial charge < -0.3 is 0 Å². The van der Waals surface area contributed by atoms with Crippen molar-refractivity contribution in [2.45, 2.75) is 77.0 Å². The zero-order valence-electron chi connectivity index (χ0n) is 49.0. The van der Waals surface area contributed by atoms with E-state index < -0.39 is 0 Å². The Kier molecular flexibility index (Phi) is 12.5. The third-order valence-electron chi connectivity index (χ3n) is 19.5. The van der Waals surface area contributed by atoms with E-state index in [4.69, 9.17) is 19.9 Å². The van der Waals surface area contributed by atoms with Gasteiger partial charge in [-0.05, 0) is 124 Å². The van der Waals surface area contributed by atoms with E-state index in [1.165, 1.54) is 72.1 Å². The third-order valence-corrected chi connectivity index (χ3v) is 19.5. The number of aromatic nitrogens is 4. The van der Waals surface area contributed by atoms with E-state index in [0.717, 1.165) is 72.5 Å². The fourth-order valence-corrected chi connectivity index (χ4v) is 13.3. The van der Waals surface area contributed by atoms with Gasteiger partial charge in [-0.15, -0.1) is 0 Å². The molecule has 4 heteroatoms. The highest BCUT2D eigenvalue weighted by atomic mass is 14.9. The molecule has 0 saturated heterocycles. The predicted molar refractivity (Wildman–Crippen MR) is 352 cm³/mol. The van der Waals surface area contributed by atoms with Crippen molar-refractivity contribution in [3.8, 4) is 89.7 Å². The molecule has 13 aromatic rings. The summed E-state index contributed by atoms with van der Waals surface area (Å²) in [5.74, 6) is 0.767. The van der Waals surface area contributed by atoms with Crippen LogP contribution in [-0.4, -0.2) is 19.9 Å². The maximum absolute atomic E-state index is 5.41. The number of rotatable bonds is 6. The molecule has 2 aliphatic carbocycles. The van der Waals surface area contributed by atoms with Crippen molar-refractivity contribution in [1.82, 2.24) is 19.9 Å². The Hall–Kier alpha value is -9.64. The quantitative estimate of drug-likeness (QED) is 0.156. The van der Waals surface area contributed by atoms with Crippen molar-refractivity contribution in [2.75, 3.05) is 0 Å². The molecule has 0 bridgehead atoms. The SMILES string of the molecule is CC1(C)c2cc(-c3ccccc3)ccc2-c2c(-c3nc(-c4ccccc4)c4ccccc4n3)cccc2C1(C)C.CC1(C)c2cc(-c3ccccc3)ccc2-c2ccc(-c3nc4c(ccc5ccccc54)nc3-c3ccccc3)cc2C1(C)C. The summed E-state index contributed by atoms with van der Waals surface area (Å²) < 4.78 is 0. The second-order valence-electron chi connectivity index (χ2n) is 25.0. The van der Waals surface area contributed by atoms with Crippen LogP contribution in [0, 0.1) is 0 Å². The van der Waals surface area contributed by atoms with Crippen LogP contribution in [0.3, 0.4) is 0 Å². The molecule has 0 spiro atoms. The molecule has 0 N–H and O–H groups in total. The van der Waals surface area contributed by atoms with Gasteiger partial charge in [0, 0.05) is 33.0 Å². The lowest BCUT2D eigenvalue weighted by atomic mass is 9.55. The molecular formula is C80H66N4. The summed E-state index contributed by atoms with van der Waals surface area (Å²) in [7, 11) is 0. The van der Waals surface area contributed by atoms with Crippen LogP contribution in [0.25, 0.3) is 122 Å². The summed E-state index contributed by atoms with van der Waals surface area (Å²) in [5, 5.41) is 3.37. The summed E-state index contributed by atoms with van der Waals surface area (Å²) in [6.07, 6.45) is 0. The minimum absolute atomic E-state index is 0.0851. The van der Waals surface area contributed by atoms with E-state index in [9.17, 15) is 0 Å². The molecule has 0 amide bonds. The van der Waals surface area contributed by atoms with Crippen LogP contribution >= 0.6 is 0 Å². The fourth-order valence-electron chi connectivity index (χ4n) is 13.3. The standard InChI is InChI=1S/C42H34N2.C38H32N2/c1-41(2)35-25-30(27-13-7-5-8-14-27)19-22-33(35)34-23-20-31(26-36(34)42(41,3)4)39-38(29-16-9-6-10-17-29)43-37-24-21-28-15-11-12-18-32(28)40(37)44-39;1-37(2)31-20-13-19-30(36-39-33-21-12-11-18-29(33)35(40-36)26-16-9-6-10-17-26)34(31)28-23-22-27(24-32(28)38(37,3)4)25-14-7-5-8-15-25/h5-26H,1-4H3;5-24H,1-4H3. The average Bonchev–Trinajstić information content (AvgIpc) is 0.910. The van der Waals surface area contributed by atoms with Crippen LogP contribution in [0.4, 0.5) is 0 Å². The number of hydrogen-bond donors (Lipinski definition) is 0. The first kappa shape index (κ1) is 52.4. The minimum Gasteiger partial charge on any atom is -0.244 e. The summed E-state index contributed by atoms with van der Waals surface area (Å²) >= 11 is 0. The van der Waals surface area contributed by atoms with Crippen molar-refractivity contribution >= 4 is 32.7 Å². The van der Waals surface area contributed by atoms with Gasteiger partial charge in [-0.2, -0.15) is 0 Å². The molecule has 4 nitrogen and oxygen atoms in total. The van der Waals surface area contributed by atoms with Crippen LogP contribution in [0.5, 0.6) is 0 Å². The molecule has 0 radical (unpaired) electrons. The van der Waals surface area contributed by atoms with Crippen LogP contribution < -0.4 is 0 Å². The second-order valence-corrected chi connectivity index (χ2v) is 25.0. The largest absolute Gasteiger partial charge is 0.244 e. The Morgan fingerprint density at radius 3 is 1.30 bits per heavy atom. The smallest absolute Gasteiger partial charge is 0.161 e. The Bertz CT molecular complexity index is 4690. The van der Waals surface area contributed by atoms with Gasteiger partial charge in [0.05, 0.1) is 33.6 Å². The van der Waals surface area contributed by atoms with E-state index in [1.807, 2.05) is 6.07 Å². The number of hydrogen-bond acceptors (Lipinski definition) is 4. The van der Waals surface area contributed by atoms with Crippen molar-refractivity contribution < 1.29 is 0 Å². The zero-order chi connectivity index (χ0) is 57.5. The fraction of sp³-hybridized carbons (Fsp3) is 0.150. The van der Waals surface area contributed by atoms with Crippen molar-refractivity contribution in [3.05, 3.63) is 277 Å². The van der Waals surface area contributed by atoms with Crippen LogP contribution in [0.1, 0.15) is 77.6 Å². The van der Waals surface area contributed by atoms with Gasteiger partial charge in [0.25, 0.3) is 0 Å². The van der Waals surface area contributed by atoms with Gasteiger partial charge >= 0.3 is 0 Å². The van der Waals surface area contributed by atoms with Gasteiger partial charge in [-0.25, -0.2) is 19.9 Å². The van der Waals surface area contributed by atoms with Gasteiger partial charge in [0.15, 0.2) is 5.82 Å². The Morgan fingerprint density at radius 2 is 0.702 bits per heavy atom. The highest BCUT2D eigenvalue weighted by Gasteiger charge is 2.48. The second kappa shape index (κ2) is 20.1. The summed E-state index contributed by atoms with van der Waals surface area (Å²) in [5.41, 5.74) is 25.1. The molecular weight excluding hydrogens is 1020 g/mol. The lowest BCUT2D eigenvalue weighted by Crippen LogP contribution is -2.43. The van der Waals surface area contributed by atoms with Gasteiger partial charge in [-0.3, -0.25) is 0 Å². The Balaban J connectivity index is 0.000000150. The highest BCUT2D eigenvalue weighted by Crippen LogP contribution is 2.58. The van der Waals surface area contributed by atoms with Crippen LogP contribution in [0.15, 0.2) is 255 Å². The van der Waals surface area contributed by atoms with Gasteiger partial charge in [-0.1, -0.05) is 280 Å². The molecule has 0 fully saturated rings. The lowest BCUT2D eigenvalue weighted by Gasteiger charge is -2.49. The number of fused-ring (bicyclic) bond motifs is 10. The third kappa shape index (κ3) is 8.49. The summed E-state index contributed by atoms with van der Waals surface area (Å²) in [6.45, 7) is 19.1. The zero-order valence-corrected chi connectivity index (χ0v) is 49.0. The first-order valence-corrected chi connectivity index (χ1v) is 29.5. The average molecular weight is 1080 g/mol. The van der Waals surface area contributed by atoms with E-state index >= 15 is 0 Å². The minimum atomic E-state index is -0.134. The Morgan fingerprint density at radius 1 is 0.250 bits per heavy atom. The van der Waals surface area contributed by atoms with Crippen LogP contribution in [0.2, 0.25) is 0 Å². The first-order chi connectivity index (χ1) is 40.7. The maximum Gasteiger partial charge on any atom is 0.161 e. The van der Waals surface area contributed by atoms with Crippen molar-refractivity contribution in [3.63, 3.8) is 0 Å². The Labute approximate surface area is 493 Å². The van der Waals surface area contributed by atoms with Gasteiger partial charge in [0.1, 0.15) is 0 Å². The number of benzene rings is 11. The monoisotopic (exact) mass is 1080 g/mol. The normalized spacial score (nSPS) is 14.8. The number of para-hydroxylation sites is 1. The summed E-state index contributed by atoms with van der Waals surface area (Å²) in [6, 6.07) is 90.9. The maximum atomic E-state index is 5.41. The van der Waals surface area contributed by atoms with E-state index in [-0.39, 0.29) is 21.7 Å². The molecule has 15 rings (SSSR count). The molecule has 0 unspecified atom stereocenters.